The molecule has 0 amide bonds. The second-order valence-electron chi connectivity index (χ2n) is 7.10. The molecule has 0 saturated carbocycles. The standard InChI is InChI=1S/C13H10N4S.C13H12N4S/c1-2-6-10(7-3-1)14-16-13-17-15-11-8-4-5-9-12(11)18-13;18-13(16-14-11-7-3-1-4-8-11)17-15-12-9-5-2-6-10-12/h1-9,14H;1-10,14H,(H,16,18). The van der Waals surface area contributed by atoms with Gasteiger partial charge >= 0.3 is 0 Å². The van der Waals surface area contributed by atoms with E-state index in [0.29, 0.717) is 4.80 Å². The smallest absolute Gasteiger partial charge is 0.248 e. The minimum Gasteiger partial charge on any atom is -0.299 e. The summed E-state index contributed by atoms with van der Waals surface area (Å²) in [5, 5.41) is 20.6. The Hall–Kier alpha value is -4.54. The molecule has 178 valence electrons. The lowest BCUT2D eigenvalue weighted by molar-refractivity contribution is 1.01. The van der Waals surface area contributed by atoms with E-state index in [1.165, 1.54) is 11.3 Å². The van der Waals surface area contributed by atoms with Crippen LogP contribution in [0.1, 0.15) is 0 Å². The number of hydrogen-bond acceptors (Lipinski definition) is 8. The number of nitrogens with one attached hydrogen (secondary N) is 3. The molecule has 1 heterocycles. The summed E-state index contributed by atoms with van der Waals surface area (Å²) < 4.78 is 1.07. The van der Waals surface area contributed by atoms with Gasteiger partial charge in [-0.15, -0.1) is 25.5 Å². The number of rotatable bonds is 5. The monoisotopic (exact) mass is 510 g/mol. The van der Waals surface area contributed by atoms with Gasteiger partial charge in [0.25, 0.3) is 0 Å². The summed E-state index contributed by atoms with van der Waals surface area (Å²) in [6.45, 7) is 0. The van der Waals surface area contributed by atoms with Crippen LogP contribution in [-0.2, 0) is 0 Å². The summed E-state index contributed by atoms with van der Waals surface area (Å²) in [5.41, 5.74) is 12.2. The van der Waals surface area contributed by atoms with E-state index >= 15 is 0 Å². The molecule has 10 heteroatoms. The molecule has 0 fully saturated rings. The van der Waals surface area contributed by atoms with E-state index in [1.54, 1.807) is 0 Å². The zero-order valence-electron chi connectivity index (χ0n) is 19.0. The van der Waals surface area contributed by atoms with Crippen molar-refractivity contribution < 1.29 is 0 Å². The SMILES string of the molecule is S=C(N=Nc1ccccc1)NNc1ccccc1.c1ccc(NN=c2nnc3ccccc3s2)cc1. The first-order chi connectivity index (χ1) is 17.8. The molecule has 4 aromatic carbocycles. The van der Waals surface area contributed by atoms with Gasteiger partial charge in [0, 0.05) is 0 Å². The van der Waals surface area contributed by atoms with E-state index in [9.17, 15) is 0 Å². The van der Waals surface area contributed by atoms with Crippen LogP contribution in [0.4, 0.5) is 17.1 Å². The fourth-order valence-electron chi connectivity index (χ4n) is 2.78. The molecule has 0 spiro atoms. The first-order valence-corrected chi connectivity index (χ1v) is 12.1. The Morgan fingerprint density at radius 2 is 1.31 bits per heavy atom. The van der Waals surface area contributed by atoms with Gasteiger partial charge in [-0.2, -0.15) is 0 Å². The molecule has 0 radical (unpaired) electrons. The average molecular weight is 511 g/mol. The van der Waals surface area contributed by atoms with E-state index in [-0.39, 0.29) is 5.11 Å². The summed E-state index contributed by atoms with van der Waals surface area (Å²) >= 11 is 6.52. The normalized spacial score (nSPS) is 10.9. The summed E-state index contributed by atoms with van der Waals surface area (Å²) in [6, 6.07) is 36.7. The highest BCUT2D eigenvalue weighted by Gasteiger charge is 1.95. The quantitative estimate of drug-likeness (QED) is 0.146. The molecule has 36 heavy (non-hydrogen) atoms. The van der Waals surface area contributed by atoms with Crippen molar-refractivity contribution in [2.45, 2.75) is 0 Å². The Labute approximate surface area is 217 Å². The number of anilines is 2. The van der Waals surface area contributed by atoms with Crippen LogP contribution in [-0.4, -0.2) is 15.3 Å². The summed E-state index contributed by atoms with van der Waals surface area (Å²) in [7, 11) is 0. The minimum absolute atomic E-state index is 0.280. The topological polar surface area (TPSA) is 99.0 Å². The van der Waals surface area contributed by atoms with Gasteiger partial charge in [-0.1, -0.05) is 78.1 Å². The van der Waals surface area contributed by atoms with E-state index in [2.05, 4.69) is 41.8 Å². The molecular formula is C26H22N8S2. The minimum atomic E-state index is 0.280. The average Bonchev–Trinajstić information content (AvgIpc) is 2.96. The lowest BCUT2D eigenvalue weighted by atomic mass is 10.3. The Morgan fingerprint density at radius 3 is 2.03 bits per heavy atom. The third-order valence-corrected chi connectivity index (χ3v) is 5.57. The van der Waals surface area contributed by atoms with Gasteiger partial charge in [-0.05, 0) is 60.7 Å². The number of fused-ring (bicyclic) bond motifs is 1. The predicted molar refractivity (Wildman–Crippen MR) is 150 cm³/mol. The van der Waals surface area contributed by atoms with Gasteiger partial charge in [0.1, 0.15) is 5.52 Å². The second kappa shape index (κ2) is 13.4. The molecule has 0 saturated heterocycles. The van der Waals surface area contributed by atoms with E-state index in [0.717, 1.165) is 27.3 Å². The molecule has 3 N–H and O–H groups in total. The summed E-state index contributed by atoms with van der Waals surface area (Å²) in [6.07, 6.45) is 0. The van der Waals surface area contributed by atoms with Crippen LogP contribution in [0.15, 0.2) is 131 Å². The molecular weight excluding hydrogens is 488 g/mol. The first kappa shape index (κ1) is 24.6. The number of nitrogens with zero attached hydrogens (tertiary/aromatic N) is 5. The third-order valence-electron chi connectivity index (χ3n) is 4.46. The van der Waals surface area contributed by atoms with Crippen LogP contribution < -0.4 is 21.1 Å². The Bertz CT molecular complexity index is 1470. The fourth-order valence-corrected chi connectivity index (χ4v) is 3.60. The molecule has 0 bridgehead atoms. The van der Waals surface area contributed by atoms with Crippen molar-refractivity contribution in [3.8, 4) is 0 Å². The molecule has 0 unspecified atom stereocenters. The lowest BCUT2D eigenvalue weighted by Crippen LogP contribution is -2.25. The number of hydrogen-bond donors (Lipinski definition) is 3. The second-order valence-corrected chi connectivity index (χ2v) is 8.49. The zero-order valence-corrected chi connectivity index (χ0v) is 20.7. The van der Waals surface area contributed by atoms with Crippen LogP contribution in [0.25, 0.3) is 10.2 Å². The molecule has 1 aromatic heterocycles. The highest BCUT2D eigenvalue weighted by Crippen LogP contribution is 2.11. The summed E-state index contributed by atoms with van der Waals surface area (Å²) in [5.74, 6) is 0. The number of aromatic nitrogens is 2. The maximum Gasteiger partial charge on any atom is 0.248 e. The highest BCUT2D eigenvalue weighted by atomic mass is 32.1. The van der Waals surface area contributed by atoms with Gasteiger partial charge in [0.05, 0.1) is 21.8 Å². The largest absolute Gasteiger partial charge is 0.299 e. The lowest BCUT2D eigenvalue weighted by Gasteiger charge is -2.06. The maximum atomic E-state index is 5.02. The Kier molecular flexibility index (Phi) is 9.13. The van der Waals surface area contributed by atoms with Crippen LogP contribution in [0.2, 0.25) is 0 Å². The number of benzene rings is 4. The van der Waals surface area contributed by atoms with Crippen LogP contribution >= 0.6 is 23.6 Å². The van der Waals surface area contributed by atoms with Crippen LogP contribution in [0.3, 0.4) is 0 Å². The molecule has 0 aliphatic carbocycles. The van der Waals surface area contributed by atoms with E-state index in [1.807, 2.05) is 115 Å². The van der Waals surface area contributed by atoms with Crippen molar-refractivity contribution in [3.63, 3.8) is 0 Å². The van der Waals surface area contributed by atoms with Gasteiger partial charge in [-0.25, -0.2) is 0 Å². The van der Waals surface area contributed by atoms with Gasteiger partial charge in [0.2, 0.25) is 9.91 Å². The maximum absolute atomic E-state index is 5.02. The number of azo groups is 1. The summed E-state index contributed by atoms with van der Waals surface area (Å²) in [4.78, 5) is 0.609. The molecule has 0 atom stereocenters. The first-order valence-electron chi connectivity index (χ1n) is 10.9. The number of para-hydroxylation sites is 2. The highest BCUT2D eigenvalue weighted by molar-refractivity contribution is 7.80. The zero-order chi connectivity index (χ0) is 24.8. The van der Waals surface area contributed by atoms with Gasteiger partial charge < -0.3 is 0 Å². The van der Waals surface area contributed by atoms with E-state index in [4.69, 9.17) is 12.2 Å². The van der Waals surface area contributed by atoms with Crippen molar-refractivity contribution in [2.75, 3.05) is 10.9 Å². The van der Waals surface area contributed by atoms with Crippen LogP contribution in [0.5, 0.6) is 0 Å². The van der Waals surface area contributed by atoms with Crippen molar-refractivity contribution in [1.82, 2.24) is 15.6 Å². The molecule has 5 rings (SSSR count). The van der Waals surface area contributed by atoms with Gasteiger partial charge in [-0.3, -0.25) is 16.3 Å². The predicted octanol–water partition coefficient (Wildman–Crippen LogP) is 6.29. The molecule has 5 aromatic rings. The molecule has 0 aliphatic rings. The third kappa shape index (κ3) is 8.05. The number of hydrazine groups is 1. The van der Waals surface area contributed by atoms with Crippen molar-refractivity contribution in [1.29, 1.82) is 0 Å². The van der Waals surface area contributed by atoms with E-state index < -0.39 is 0 Å². The Morgan fingerprint density at radius 1 is 0.694 bits per heavy atom. The fraction of sp³-hybridized carbons (Fsp3) is 0. The Balaban J connectivity index is 0.000000169. The van der Waals surface area contributed by atoms with Crippen molar-refractivity contribution >= 4 is 55.9 Å². The van der Waals surface area contributed by atoms with Crippen molar-refractivity contribution in [2.24, 2.45) is 15.3 Å². The molecule has 8 nitrogen and oxygen atoms in total. The van der Waals surface area contributed by atoms with Crippen molar-refractivity contribution in [3.05, 3.63) is 120 Å². The van der Waals surface area contributed by atoms with Crippen LogP contribution in [0, 0.1) is 0 Å². The molecule has 0 aliphatic heterocycles. The van der Waals surface area contributed by atoms with Gasteiger partial charge in [0.15, 0.2) is 0 Å². The number of thiocarbonyl (C=S) groups is 1.